The Labute approximate surface area is 81.5 Å². The van der Waals surface area contributed by atoms with Gasteiger partial charge in [0.25, 0.3) is 0 Å². The van der Waals surface area contributed by atoms with Gasteiger partial charge in [0.15, 0.2) is 0 Å². The first-order valence-electron chi connectivity index (χ1n) is 5.94. The SMILES string of the molecule is CCC(CC)C(O)C1CC2CC2C1. The molecule has 2 rings (SSSR count). The zero-order chi connectivity index (χ0) is 9.42. The maximum atomic E-state index is 10.1. The fraction of sp³-hybridized carbons (Fsp3) is 1.00. The van der Waals surface area contributed by atoms with E-state index >= 15 is 0 Å². The van der Waals surface area contributed by atoms with E-state index in [0.29, 0.717) is 11.8 Å². The normalized spacial score (nSPS) is 39.2. The lowest BCUT2D eigenvalue weighted by atomic mass is 9.85. The van der Waals surface area contributed by atoms with Gasteiger partial charge in [-0.1, -0.05) is 26.7 Å². The lowest BCUT2D eigenvalue weighted by molar-refractivity contribution is 0.0438. The molecule has 0 aliphatic heterocycles. The maximum absolute atomic E-state index is 10.1. The minimum atomic E-state index is 0.00259. The van der Waals surface area contributed by atoms with E-state index in [1.165, 1.54) is 19.3 Å². The van der Waals surface area contributed by atoms with Crippen molar-refractivity contribution in [1.82, 2.24) is 0 Å². The maximum Gasteiger partial charge on any atom is 0.0596 e. The summed E-state index contributed by atoms with van der Waals surface area (Å²) in [6.45, 7) is 4.40. The highest BCUT2D eigenvalue weighted by atomic mass is 16.3. The van der Waals surface area contributed by atoms with Crippen molar-refractivity contribution in [2.75, 3.05) is 0 Å². The smallest absolute Gasteiger partial charge is 0.0596 e. The van der Waals surface area contributed by atoms with Crippen molar-refractivity contribution < 1.29 is 5.11 Å². The van der Waals surface area contributed by atoms with Crippen LogP contribution in [0.3, 0.4) is 0 Å². The topological polar surface area (TPSA) is 20.2 Å². The third-order valence-electron chi connectivity index (χ3n) is 4.29. The van der Waals surface area contributed by atoms with Gasteiger partial charge < -0.3 is 5.11 Å². The third kappa shape index (κ3) is 1.76. The second kappa shape index (κ2) is 3.61. The zero-order valence-electron chi connectivity index (χ0n) is 8.87. The van der Waals surface area contributed by atoms with Crippen LogP contribution in [0.15, 0.2) is 0 Å². The first kappa shape index (κ1) is 9.51. The van der Waals surface area contributed by atoms with Crippen LogP contribution >= 0.6 is 0 Å². The molecule has 13 heavy (non-hydrogen) atoms. The Balaban J connectivity index is 1.85. The van der Waals surface area contributed by atoms with Gasteiger partial charge in [-0.15, -0.1) is 0 Å². The van der Waals surface area contributed by atoms with E-state index in [0.717, 1.165) is 24.7 Å². The van der Waals surface area contributed by atoms with Crippen LogP contribution < -0.4 is 0 Å². The summed E-state index contributed by atoms with van der Waals surface area (Å²) in [5.74, 6) is 3.22. The average Bonchev–Trinajstić information content (AvgIpc) is 2.75. The van der Waals surface area contributed by atoms with Crippen molar-refractivity contribution in [1.29, 1.82) is 0 Å². The number of fused-ring (bicyclic) bond motifs is 1. The van der Waals surface area contributed by atoms with Crippen LogP contribution in [0.1, 0.15) is 46.0 Å². The predicted molar refractivity (Wildman–Crippen MR) is 54.4 cm³/mol. The van der Waals surface area contributed by atoms with Gasteiger partial charge in [0.2, 0.25) is 0 Å². The van der Waals surface area contributed by atoms with Gasteiger partial charge in [0.1, 0.15) is 0 Å². The van der Waals surface area contributed by atoms with Crippen LogP contribution in [0.4, 0.5) is 0 Å². The molecule has 0 heterocycles. The molecule has 2 aliphatic rings. The van der Waals surface area contributed by atoms with Crippen molar-refractivity contribution in [3.05, 3.63) is 0 Å². The summed E-state index contributed by atoms with van der Waals surface area (Å²) in [6, 6.07) is 0. The molecule has 3 unspecified atom stereocenters. The highest BCUT2D eigenvalue weighted by Crippen LogP contribution is 2.55. The molecule has 0 aromatic carbocycles. The van der Waals surface area contributed by atoms with Gasteiger partial charge in [0.05, 0.1) is 6.10 Å². The Morgan fingerprint density at radius 1 is 1.08 bits per heavy atom. The van der Waals surface area contributed by atoms with Crippen LogP contribution in [0.2, 0.25) is 0 Å². The van der Waals surface area contributed by atoms with Crippen LogP contribution in [0.25, 0.3) is 0 Å². The molecular formula is C12H22O. The number of aliphatic hydroxyl groups is 1. The standard InChI is InChI=1S/C12H22O/c1-3-8(4-2)12(13)11-6-9-5-10(9)7-11/h8-13H,3-7H2,1-2H3. The molecule has 3 atom stereocenters. The van der Waals surface area contributed by atoms with Gasteiger partial charge in [-0.3, -0.25) is 0 Å². The molecule has 0 bridgehead atoms. The summed E-state index contributed by atoms with van der Waals surface area (Å²) >= 11 is 0. The van der Waals surface area contributed by atoms with E-state index in [-0.39, 0.29) is 6.10 Å². The van der Waals surface area contributed by atoms with Crippen LogP contribution in [-0.4, -0.2) is 11.2 Å². The summed E-state index contributed by atoms with van der Waals surface area (Å²) in [6.07, 6.45) is 6.40. The third-order valence-corrected chi connectivity index (χ3v) is 4.29. The quantitative estimate of drug-likeness (QED) is 0.709. The lowest BCUT2D eigenvalue weighted by Crippen LogP contribution is -2.27. The first-order valence-corrected chi connectivity index (χ1v) is 5.94. The Morgan fingerprint density at radius 2 is 1.62 bits per heavy atom. The van der Waals surface area contributed by atoms with Gasteiger partial charge in [-0.25, -0.2) is 0 Å². The molecule has 1 nitrogen and oxygen atoms in total. The molecule has 76 valence electrons. The second-order valence-corrected chi connectivity index (χ2v) is 5.05. The van der Waals surface area contributed by atoms with Gasteiger partial charge >= 0.3 is 0 Å². The lowest BCUT2D eigenvalue weighted by Gasteiger charge is -2.26. The van der Waals surface area contributed by atoms with Crippen molar-refractivity contribution in [2.45, 2.75) is 52.1 Å². The van der Waals surface area contributed by atoms with Crippen LogP contribution in [0.5, 0.6) is 0 Å². The van der Waals surface area contributed by atoms with E-state index < -0.39 is 0 Å². The molecule has 1 heteroatoms. The van der Waals surface area contributed by atoms with Crippen molar-refractivity contribution in [3.8, 4) is 0 Å². The molecule has 0 aromatic heterocycles. The minimum absolute atomic E-state index is 0.00259. The predicted octanol–water partition coefficient (Wildman–Crippen LogP) is 2.83. The molecule has 2 aliphatic carbocycles. The first-order chi connectivity index (χ1) is 6.26. The number of hydrogen-bond donors (Lipinski definition) is 1. The Kier molecular flexibility index (Phi) is 2.64. The van der Waals surface area contributed by atoms with E-state index in [2.05, 4.69) is 13.8 Å². The monoisotopic (exact) mass is 182 g/mol. The molecule has 0 saturated heterocycles. The average molecular weight is 182 g/mol. The molecule has 2 saturated carbocycles. The fourth-order valence-corrected chi connectivity index (χ4v) is 3.20. The Hall–Kier alpha value is -0.0400. The van der Waals surface area contributed by atoms with E-state index in [1.54, 1.807) is 0 Å². The van der Waals surface area contributed by atoms with E-state index in [9.17, 15) is 5.11 Å². The summed E-state index contributed by atoms with van der Waals surface area (Å²) < 4.78 is 0. The number of aliphatic hydroxyl groups excluding tert-OH is 1. The summed E-state index contributed by atoms with van der Waals surface area (Å²) in [7, 11) is 0. The Morgan fingerprint density at radius 3 is 2.08 bits per heavy atom. The largest absolute Gasteiger partial charge is 0.393 e. The number of hydrogen-bond acceptors (Lipinski definition) is 1. The van der Waals surface area contributed by atoms with Crippen LogP contribution in [-0.2, 0) is 0 Å². The van der Waals surface area contributed by atoms with Gasteiger partial charge in [-0.05, 0) is 42.9 Å². The second-order valence-electron chi connectivity index (χ2n) is 5.05. The highest BCUT2D eigenvalue weighted by Gasteiger charge is 2.48. The molecule has 1 N–H and O–H groups in total. The molecule has 0 aromatic rings. The van der Waals surface area contributed by atoms with Crippen molar-refractivity contribution >= 4 is 0 Å². The molecular weight excluding hydrogens is 160 g/mol. The van der Waals surface area contributed by atoms with E-state index in [1.807, 2.05) is 0 Å². The van der Waals surface area contributed by atoms with Gasteiger partial charge in [0, 0.05) is 0 Å². The molecule has 0 spiro atoms. The highest BCUT2D eigenvalue weighted by molar-refractivity contribution is 4.98. The summed E-state index contributed by atoms with van der Waals surface area (Å²) in [4.78, 5) is 0. The Bertz CT molecular complexity index is 164. The zero-order valence-corrected chi connectivity index (χ0v) is 8.87. The van der Waals surface area contributed by atoms with E-state index in [4.69, 9.17) is 0 Å². The molecule has 0 radical (unpaired) electrons. The fourth-order valence-electron chi connectivity index (χ4n) is 3.20. The minimum Gasteiger partial charge on any atom is -0.393 e. The van der Waals surface area contributed by atoms with Crippen LogP contribution in [0, 0.1) is 23.7 Å². The molecule has 2 fully saturated rings. The molecule has 0 amide bonds. The van der Waals surface area contributed by atoms with Gasteiger partial charge in [-0.2, -0.15) is 0 Å². The van der Waals surface area contributed by atoms with Crippen molar-refractivity contribution in [2.24, 2.45) is 23.7 Å². The number of rotatable bonds is 4. The van der Waals surface area contributed by atoms with Crippen molar-refractivity contribution in [3.63, 3.8) is 0 Å². The summed E-state index contributed by atoms with van der Waals surface area (Å²) in [5.41, 5.74) is 0. The summed E-state index contributed by atoms with van der Waals surface area (Å²) in [5, 5.41) is 10.1.